The first kappa shape index (κ1) is 19.0. The van der Waals surface area contributed by atoms with E-state index >= 15 is 0 Å². The molecule has 1 aromatic carbocycles. The van der Waals surface area contributed by atoms with Crippen LogP contribution >= 0.6 is 0 Å². The number of aromatic nitrogens is 1. The quantitative estimate of drug-likeness (QED) is 0.762. The zero-order valence-electron chi connectivity index (χ0n) is 17.0. The van der Waals surface area contributed by atoms with Crippen molar-refractivity contribution in [1.82, 2.24) is 20.5 Å². The molecule has 0 unspecified atom stereocenters. The highest BCUT2D eigenvalue weighted by Crippen LogP contribution is 2.38. The normalized spacial score (nSPS) is 21.4. The smallest absolute Gasteiger partial charge is 0.227 e. The molecule has 150 valence electrons. The number of nitrogens with zero attached hydrogens (tertiary/aromatic N) is 1. The number of aromatic amines is 1. The molecule has 2 fully saturated rings. The second-order valence-corrected chi connectivity index (χ2v) is 8.53. The van der Waals surface area contributed by atoms with E-state index in [-0.39, 0.29) is 23.4 Å². The lowest BCUT2D eigenvalue weighted by Gasteiger charge is -2.41. The molecule has 0 aliphatic carbocycles. The van der Waals surface area contributed by atoms with Crippen LogP contribution in [0.4, 0.5) is 0 Å². The summed E-state index contributed by atoms with van der Waals surface area (Å²) >= 11 is 0. The van der Waals surface area contributed by atoms with Crippen molar-refractivity contribution in [3.63, 3.8) is 0 Å². The highest BCUT2D eigenvalue weighted by atomic mass is 16.2. The summed E-state index contributed by atoms with van der Waals surface area (Å²) in [6.07, 6.45) is 3.14. The molecule has 0 radical (unpaired) electrons. The Balaban J connectivity index is 1.61. The van der Waals surface area contributed by atoms with Crippen LogP contribution in [0.2, 0.25) is 0 Å². The maximum absolute atomic E-state index is 13.5. The number of aryl methyl sites for hydroxylation is 2. The highest BCUT2D eigenvalue weighted by Gasteiger charge is 2.48. The van der Waals surface area contributed by atoms with Crippen LogP contribution in [0.1, 0.15) is 43.0 Å². The second-order valence-electron chi connectivity index (χ2n) is 8.53. The van der Waals surface area contributed by atoms with E-state index in [2.05, 4.69) is 45.6 Å². The number of piperidine rings is 1. The Labute approximate surface area is 166 Å². The van der Waals surface area contributed by atoms with E-state index in [1.165, 1.54) is 5.56 Å². The van der Waals surface area contributed by atoms with E-state index in [0.29, 0.717) is 13.0 Å². The molecule has 2 aliphatic heterocycles. The molecule has 28 heavy (non-hydrogen) atoms. The lowest BCUT2D eigenvalue weighted by molar-refractivity contribution is -0.135. The van der Waals surface area contributed by atoms with Gasteiger partial charge in [0.15, 0.2) is 0 Å². The minimum absolute atomic E-state index is 0.0219. The topological polar surface area (TPSA) is 77.2 Å². The van der Waals surface area contributed by atoms with E-state index in [1.807, 2.05) is 6.92 Å². The maximum atomic E-state index is 13.5. The molecule has 4 rings (SSSR count). The predicted molar refractivity (Wildman–Crippen MR) is 110 cm³/mol. The van der Waals surface area contributed by atoms with Gasteiger partial charge in [-0.25, -0.2) is 0 Å². The van der Waals surface area contributed by atoms with Crippen LogP contribution in [-0.4, -0.2) is 52.9 Å². The Hall–Kier alpha value is -2.34. The number of likely N-dealkylation sites (tertiary alicyclic amines) is 1. The number of hydrogen-bond donors (Lipinski definition) is 3. The number of carbonyl (C=O) groups excluding carboxylic acids is 2. The third-order valence-electron chi connectivity index (χ3n) is 6.45. The van der Waals surface area contributed by atoms with Crippen LogP contribution in [-0.2, 0) is 16.0 Å². The van der Waals surface area contributed by atoms with Gasteiger partial charge in [-0.15, -0.1) is 0 Å². The van der Waals surface area contributed by atoms with E-state index in [0.717, 1.165) is 54.5 Å². The molecular formula is C22H30N4O2. The van der Waals surface area contributed by atoms with Crippen LogP contribution < -0.4 is 10.6 Å². The van der Waals surface area contributed by atoms with Crippen LogP contribution in [0, 0.1) is 13.8 Å². The van der Waals surface area contributed by atoms with Crippen molar-refractivity contribution in [2.24, 2.45) is 0 Å². The number of benzene rings is 1. The molecule has 2 aliphatic rings. The molecule has 2 saturated heterocycles. The van der Waals surface area contributed by atoms with Gasteiger partial charge in [-0.05, 0) is 63.9 Å². The standard InChI is InChI=1S/C22H30N4O2/c1-14-4-5-20-19(10-14)18(15(2)24-20)11-21(28)26-13-17(25-16(3)27)12-22(26)6-8-23-9-7-22/h4-5,10,17,23-24H,6-9,11-13H2,1-3H3,(H,25,27)/t17-/m0/s1. The van der Waals surface area contributed by atoms with Crippen LogP contribution in [0.5, 0.6) is 0 Å². The molecule has 6 heteroatoms. The first-order valence-electron chi connectivity index (χ1n) is 10.2. The first-order valence-corrected chi connectivity index (χ1v) is 10.2. The van der Waals surface area contributed by atoms with Crippen molar-refractivity contribution >= 4 is 22.7 Å². The number of hydrogen-bond acceptors (Lipinski definition) is 3. The van der Waals surface area contributed by atoms with Crippen molar-refractivity contribution in [3.05, 3.63) is 35.0 Å². The second kappa shape index (κ2) is 7.24. The number of rotatable bonds is 3. The van der Waals surface area contributed by atoms with Gasteiger partial charge < -0.3 is 20.5 Å². The number of H-pyrrole nitrogens is 1. The molecule has 1 aromatic heterocycles. The van der Waals surface area contributed by atoms with Gasteiger partial charge in [0, 0.05) is 41.6 Å². The van der Waals surface area contributed by atoms with Gasteiger partial charge in [0.05, 0.1) is 6.42 Å². The Morgan fingerprint density at radius 2 is 2.00 bits per heavy atom. The monoisotopic (exact) mass is 382 g/mol. The third-order valence-corrected chi connectivity index (χ3v) is 6.45. The fraction of sp³-hybridized carbons (Fsp3) is 0.545. The Morgan fingerprint density at radius 3 is 2.71 bits per heavy atom. The van der Waals surface area contributed by atoms with Crippen LogP contribution in [0.15, 0.2) is 18.2 Å². The summed E-state index contributed by atoms with van der Waals surface area (Å²) in [4.78, 5) is 30.6. The average Bonchev–Trinajstić information content (AvgIpc) is 3.13. The van der Waals surface area contributed by atoms with Crippen molar-refractivity contribution < 1.29 is 9.59 Å². The molecular weight excluding hydrogens is 352 g/mol. The van der Waals surface area contributed by atoms with Crippen molar-refractivity contribution in [3.8, 4) is 0 Å². The van der Waals surface area contributed by atoms with Crippen LogP contribution in [0.25, 0.3) is 10.9 Å². The van der Waals surface area contributed by atoms with Gasteiger partial charge in [0.2, 0.25) is 11.8 Å². The first-order chi connectivity index (χ1) is 13.4. The molecule has 0 saturated carbocycles. The number of nitrogens with one attached hydrogen (secondary N) is 3. The minimum Gasteiger partial charge on any atom is -0.358 e. The fourth-order valence-corrected chi connectivity index (χ4v) is 5.13. The molecule has 3 N–H and O–H groups in total. The Bertz CT molecular complexity index is 911. The molecule has 2 aromatic rings. The Morgan fingerprint density at radius 1 is 1.25 bits per heavy atom. The zero-order valence-corrected chi connectivity index (χ0v) is 17.0. The predicted octanol–water partition coefficient (Wildman–Crippen LogP) is 2.19. The fourth-order valence-electron chi connectivity index (χ4n) is 5.13. The molecule has 1 spiro atoms. The van der Waals surface area contributed by atoms with Gasteiger partial charge in [0.1, 0.15) is 0 Å². The molecule has 1 atom stereocenters. The lowest BCUT2D eigenvalue weighted by Crippen LogP contribution is -2.53. The summed E-state index contributed by atoms with van der Waals surface area (Å²) in [7, 11) is 0. The van der Waals surface area contributed by atoms with E-state index in [1.54, 1.807) is 6.92 Å². The van der Waals surface area contributed by atoms with E-state index in [9.17, 15) is 9.59 Å². The van der Waals surface area contributed by atoms with E-state index in [4.69, 9.17) is 0 Å². The molecule has 0 bridgehead atoms. The molecule has 2 amide bonds. The minimum atomic E-state index is -0.134. The highest BCUT2D eigenvalue weighted by molar-refractivity contribution is 5.91. The maximum Gasteiger partial charge on any atom is 0.227 e. The van der Waals surface area contributed by atoms with E-state index < -0.39 is 0 Å². The van der Waals surface area contributed by atoms with Gasteiger partial charge in [-0.2, -0.15) is 0 Å². The molecule has 6 nitrogen and oxygen atoms in total. The summed E-state index contributed by atoms with van der Waals surface area (Å²) in [6.45, 7) is 8.12. The van der Waals surface area contributed by atoms with Crippen molar-refractivity contribution in [2.75, 3.05) is 19.6 Å². The average molecular weight is 383 g/mol. The SMILES string of the molecule is CC(=O)N[C@@H]1CN(C(=O)Cc2c(C)[nH]c3ccc(C)cc23)C2(CCNCC2)C1. The summed E-state index contributed by atoms with van der Waals surface area (Å²) in [5, 5.41) is 7.59. The number of amides is 2. The summed E-state index contributed by atoms with van der Waals surface area (Å²) in [5.41, 5.74) is 4.30. The van der Waals surface area contributed by atoms with Gasteiger partial charge in [0.25, 0.3) is 0 Å². The van der Waals surface area contributed by atoms with Crippen molar-refractivity contribution in [1.29, 1.82) is 0 Å². The third kappa shape index (κ3) is 3.41. The van der Waals surface area contributed by atoms with Gasteiger partial charge in [-0.1, -0.05) is 11.6 Å². The summed E-state index contributed by atoms with van der Waals surface area (Å²) in [5.74, 6) is 0.145. The van der Waals surface area contributed by atoms with Gasteiger partial charge in [-0.3, -0.25) is 9.59 Å². The molecule has 3 heterocycles. The number of fused-ring (bicyclic) bond motifs is 1. The summed E-state index contributed by atoms with van der Waals surface area (Å²) < 4.78 is 0. The Kier molecular flexibility index (Phi) is 4.91. The largest absolute Gasteiger partial charge is 0.358 e. The zero-order chi connectivity index (χ0) is 19.9. The summed E-state index contributed by atoms with van der Waals surface area (Å²) in [6, 6.07) is 6.38. The van der Waals surface area contributed by atoms with Crippen molar-refractivity contribution in [2.45, 2.75) is 58.0 Å². The van der Waals surface area contributed by atoms with Crippen LogP contribution in [0.3, 0.4) is 0 Å². The lowest BCUT2D eigenvalue weighted by atomic mass is 9.84. The van der Waals surface area contributed by atoms with Gasteiger partial charge >= 0.3 is 0 Å². The number of carbonyl (C=O) groups is 2.